The standard InChI is InChI=1S/C17H34N4.HI/c1-13(2)5-6-14(3)20-17(18-4)19-11-15-9-10-21(12-15)16-7-8-16;/h13-16H,5-12H2,1-4H3,(H2,18,19,20);1H. The van der Waals surface area contributed by atoms with Crippen LogP contribution in [0.15, 0.2) is 4.99 Å². The summed E-state index contributed by atoms with van der Waals surface area (Å²) in [6, 6.07) is 1.41. The Morgan fingerprint density at radius 2 is 1.91 bits per heavy atom. The first kappa shape index (κ1) is 20.0. The van der Waals surface area contributed by atoms with Crippen molar-refractivity contribution >= 4 is 29.9 Å². The predicted octanol–water partition coefficient (Wildman–Crippen LogP) is 3.08. The van der Waals surface area contributed by atoms with Crippen LogP contribution >= 0.6 is 24.0 Å². The molecule has 0 amide bonds. The Morgan fingerprint density at radius 3 is 2.50 bits per heavy atom. The van der Waals surface area contributed by atoms with E-state index in [1.54, 1.807) is 0 Å². The van der Waals surface area contributed by atoms with E-state index in [0.717, 1.165) is 30.4 Å². The summed E-state index contributed by atoms with van der Waals surface area (Å²) in [5.41, 5.74) is 0. The summed E-state index contributed by atoms with van der Waals surface area (Å²) in [5, 5.41) is 7.04. The molecule has 2 atom stereocenters. The molecule has 2 unspecified atom stereocenters. The van der Waals surface area contributed by atoms with Crippen LogP contribution in [0.5, 0.6) is 0 Å². The Labute approximate surface area is 153 Å². The fraction of sp³-hybridized carbons (Fsp3) is 0.941. The molecule has 1 saturated carbocycles. The van der Waals surface area contributed by atoms with Gasteiger partial charge in [0, 0.05) is 32.2 Å². The van der Waals surface area contributed by atoms with E-state index in [-0.39, 0.29) is 24.0 Å². The van der Waals surface area contributed by atoms with Crippen LogP contribution in [0.4, 0.5) is 0 Å². The minimum Gasteiger partial charge on any atom is -0.356 e. The van der Waals surface area contributed by atoms with Crippen LogP contribution in [0.3, 0.4) is 0 Å². The molecule has 0 radical (unpaired) electrons. The number of hydrogen-bond donors (Lipinski definition) is 2. The van der Waals surface area contributed by atoms with Gasteiger partial charge in [0.05, 0.1) is 0 Å². The number of nitrogens with one attached hydrogen (secondary N) is 2. The summed E-state index contributed by atoms with van der Waals surface area (Å²) in [6.45, 7) is 10.4. The van der Waals surface area contributed by atoms with E-state index >= 15 is 0 Å². The number of rotatable bonds is 7. The molecule has 1 heterocycles. The van der Waals surface area contributed by atoms with Crippen molar-refractivity contribution in [2.75, 3.05) is 26.7 Å². The molecule has 1 saturated heterocycles. The van der Waals surface area contributed by atoms with Gasteiger partial charge in [0.25, 0.3) is 0 Å². The second kappa shape index (κ2) is 9.96. The van der Waals surface area contributed by atoms with Crippen LogP contribution in [0.25, 0.3) is 0 Å². The molecule has 0 bridgehead atoms. The lowest BCUT2D eigenvalue weighted by Crippen LogP contribution is -2.44. The number of hydrogen-bond acceptors (Lipinski definition) is 2. The normalized spacial score (nSPS) is 24.2. The second-order valence-electron chi connectivity index (χ2n) is 7.35. The van der Waals surface area contributed by atoms with Gasteiger partial charge in [-0.15, -0.1) is 24.0 Å². The Bertz CT molecular complexity index is 342. The molecule has 130 valence electrons. The summed E-state index contributed by atoms with van der Waals surface area (Å²) in [7, 11) is 1.87. The molecule has 0 aromatic rings. The quantitative estimate of drug-likeness (QED) is 0.376. The van der Waals surface area contributed by atoms with Gasteiger partial charge in [-0.05, 0) is 57.4 Å². The number of guanidine groups is 1. The summed E-state index contributed by atoms with van der Waals surface area (Å²) in [6.07, 6.45) is 6.66. The van der Waals surface area contributed by atoms with Crippen LogP contribution < -0.4 is 10.6 Å². The van der Waals surface area contributed by atoms with Crippen LogP contribution in [-0.4, -0.2) is 49.6 Å². The summed E-state index contributed by atoms with van der Waals surface area (Å²) in [4.78, 5) is 7.04. The van der Waals surface area contributed by atoms with Gasteiger partial charge in [-0.3, -0.25) is 4.99 Å². The molecule has 2 aliphatic rings. The lowest BCUT2D eigenvalue weighted by atomic mass is 10.0. The average molecular weight is 422 g/mol. The van der Waals surface area contributed by atoms with Crippen molar-refractivity contribution in [3.05, 3.63) is 0 Å². The van der Waals surface area contributed by atoms with Crippen molar-refractivity contribution in [2.24, 2.45) is 16.8 Å². The number of halogens is 1. The van der Waals surface area contributed by atoms with Gasteiger partial charge in [0.1, 0.15) is 0 Å². The van der Waals surface area contributed by atoms with Crippen LogP contribution in [0.2, 0.25) is 0 Å². The van der Waals surface area contributed by atoms with Gasteiger partial charge in [-0.2, -0.15) is 0 Å². The van der Waals surface area contributed by atoms with Crippen molar-refractivity contribution in [3.63, 3.8) is 0 Å². The average Bonchev–Trinajstić information content (AvgIpc) is 3.20. The monoisotopic (exact) mass is 422 g/mol. The van der Waals surface area contributed by atoms with E-state index < -0.39 is 0 Å². The van der Waals surface area contributed by atoms with E-state index in [1.165, 1.54) is 45.2 Å². The van der Waals surface area contributed by atoms with Crippen molar-refractivity contribution in [1.29, 1.82) is 0 Å². The first-order chi connectivity index (χ1) is 10.1. The van der Waals surface area contributed by atoms with Gasteiger partial charge in [-0.25, -0.2) is 0 Å². The number of likely N-dealkylation sites (tertiary alicyclic amines) is 1. The van der Waals surface area contributed by atoms with Gasteiger partial charge in [0.15, 0.2) is 5.96 Å². The molecule has 4 nitrogen and oxygen atoms in total. The third kappa shape index (κ3) is 7.02. The SMILES string of the molecule is CN=C(NCC1CCN(C2CC2)C1)NC(C)CCC(C)C.I. The van der Waals surface area contributed by atoms with Gasteiger partial charge in [0.2, 0.25) is 0 Å². The second-order valence-corrected chi connectivity index (χ2v) is 7.35. The van der Waals surface area contributed by atoms with E-state index in [4.69, 9.17) is 0 Å². The van der Waals surface area contributed by atoms with Crippen LogP contribution in [-0.2, 0) is 0 Å². The van der Waals surface area contributed by atoms with Gasteiger partial charge < -0.3 is 15.5 Å². The Hall–Kier alpha value is -0.0400. The molecular formula is C17H35IN4. The van der Waals surface area contributed by atoms with E-state index in [2.05, 4.69) is 41.3 Å². The highest BCUT2D eigenvalue weighted by atomic mass is 127. The van der Waals surface area contributed by atoms with E-state index in [0.29, 0.717) is 6.04 Å². The Balaban J connectivity index is 0.00000242. The molecule has 0 aromatic heterocycles. The maximum atomic E-state index is 4.36. The first-order valence-electron chi connectivity index (χ1n) is 8.79. The smallest absolute Gasteiger partial charge is 0.191 e. The first-order valence-corrected chi connectivity index (χ1v) is 8.79. The fourth-order valence-electron chi connectivity index (χ4n) is 3.13. The predicted molar refractivity (Wildman–Crippen MR) is 106 cm³/mol. The Morgan fingerprint density at radius 1 is 1.18 bits per heavy atom. The zero-order chi connectivity index (χ0) is 15.2. The van der Waals surface area contributed by atoms with Crippen LogP contribution in [0, 0.1) is 11.8 Å². The topological polar surface area (TPSA) is 39.7 Å². The number of nitrogens with zero attached hydrogens (tertiary/aromatic N) is 2. The maximum absolute atomic E-state index is 4.36. The Kier molecular flexibility index (Phi) is 9.05. The molecule has 2 N–H and O–H groups in total. The van der Waals surface area contributed by atoms with E-state index in [1.807, 2.05) is 7.05 Å². The fourth-order valence-corrected chi connectivity index (χ4v) is 3.13. The minimum atomic E-state index is 0. The molecule has 2 fully saturated rings. The largest absolute Gasteiger partial charge is 0.356 e. The molecular weight excluding hydrogens is 387 g/mol. The number of aliphatic imine (C=N–C) groups is 1. The lowest BCUT2D eigenvalue weighted by molar-refractivity contribution is 0.314. The summed E-state index contributed by atoms with van der Waals surface area (Å²) >= 11 is 0. The molecule has 2 rings (SSSR count). The van der Waals surface area contributed by atoms with Crippen molar-refractivity contribution < 1.29 is 0 Å². The van der Waals surface area contributed by atoms with Gasteiger partial charge >= 0.3 is 0 Å². The molecule has 1 aliphatic heterocycles. The summed E-state index contributed by atoms with van der Waals surface area (Å²) < 4.78 is 0. The zero-order valence-corrected chi connectivity index (χ0v) is 17.1. The van der Waals surface area contributed by atoms with Crippen molar-refractivity contribution in [1.82, 2.24) is 15.5 Å². The minimum absolute atomic E-state index is 0. The highest BCUT2D eigenvalue weighted by molar-refractivity contribution is 14.0. The molecule has 0 aromatic carbocycles. The van der Waals surface area contributed by atoms with Crippen molar-refractivity contribution in [3.8, 4) is 0 Å². The molecule has 0 spiro atoms. The molecule has 22 heavy (non-hydrogen) atoms. The molecule has 1 aliphatic carbocycles. The maximum Gasteiger partial charge on any atom is 0.191 e. The third-order valence-corrected chi connectivity index (χ3v) is 4.72. The van der Waals surface area contributed by atoms with Gasteiger partial charge in [-0.1, -0.05) is 13.8 Å². The third-order valence-electron chi connectivity index (χ3n) is 4.72. The van der Waals surface area contributed by atoms with Crippen molar-refractivity contribution in [2.45, 2.75) is 65.0 Å². The zero-order valence-electron chi connectivity index (χ0n) is 14.8. The highest BCUT2D eigenvalue weighted by Gasteiger charge is 2.34. The highest BCUT2D eigenvalue weighted by Crippen LogP contribution is 2.31. The molecule has 5 heteroatoms. The van der Waals surface area contributed by atoms with Crippen LogP contribution in [0.1, 0.15) is 52.9 Å². The van der Waals surface area contributed by atoms with E-state index in [9.17, 15) is 0 Å². The summed E-state index contributed by atoms with van der Waals surface area (Å²) in [5.74, 6) is 2.53. The lowest BCUT2D eigenvalue weighted by Gasteiger charge is -2.20.